The second-order valence-electron chi connectivity index (χ2n) is 15.2. The first-order chi connectivity index (χ1) is 28.6. The van der Waals surface area contributed by atoms with E-state index in [1.54, 1.807) is 45.0 Å². The van der Waals surface area contributed by atoms with E-state index in [2.05, 4.69) is 29.7 Å². The molecule has 0 spiro atoms. The summed E-state index contributed by atoms with van der Waals surface area (Å²) in [4.78, 5) is 49.9. The molecule has 16 heteroatoms. The molecule has 2 unspecified atom stereocenters. The van der Waals surface area contributed by atoms with Crippen LogP contribution in [0.3, 0.4) is 0 Å². The fraction of sp³-hybridized carbons (Fsp3) is 0.432. The Morgan fingerprint density at radius 2 is 1.60 bits per heavy atom. The van der Waals surface area contributed by atoms with Gasteiger partial charge < -0.3 is 29.7 Å². The summed E-state index contributed by atoms with van der Waals surface area (Å²) in [5.41, 5.74) is 2.79. The standard InChI is InChI=1S/C44H52ClN7O6S2/c1-9-19-52(10-2)38-34(23-46)37(35(24-47)41(51-38)60-26-32-25-59-40(49-32)30-11-15-31(45)16-12-30)29-13-17-33(18-14-29)56-20-21-57-42(54)36(22-27(3)4)50-39(53)28(5)48-43(55)58-44(6,7)8/h11-18,25,27-28,36H,9-10,19-22,26H2,1-8H3,(H,48,55)(H,50,53). The molecule has 2 atom stereocenters. The molecular formula is C44H52ClN7O6S2. The lowest BCUT2D eigenvalue weighted by atomic mass is 9.96. The maximum absolute atomic E-state index is 13.1. The number of thioether (sulfide) groups is 1. The molecule has 2 heterocycles. The molecule has 0 aliphatic heterocycles. The molecule has 0 radical (unpaired) electrons. The first kappa shape index (κ1) is 47.3. The van der Waals surface area contributed by atoms with Crippen LogP contribution in [0, 0.1) is 28.6 Å². The molecule has 318 valence electrons. The first-order valence-corrected chi connectivity index (χ1v) is 22.0. The minimum Gasteiger partial charge on any atom is -0.490 e. The Hall–Kier alpha value is -5.35. The van der Waals surface area contributed by atoms with Gasteiger partial charge in [-0.15, -0.1) is 11.3 Å². The predicted octanol–water partition coefficient (Wildman–Crippen LogP) is 9.16. The molecular weight excluding hydrogens is 822 g/mol. The van der Waals surface area contributed by atoms with Crippen LogP contribution in [0.2, 0.25) is 5.02 Å². The van der Waals surface area contributed by atoms with Crippen molar-refractivity contribution in [2.45, 2.75) is 96.7 Å². The summed E-state index contributed by atoms with van der Waals surface area (Å²) in [7, 11) is 0. The van der Waals surface area contributed by atoms with Crippen LogP contribution in [-0.4, -0.2) is 71.9 Å². The Morgan fingerprint density at radius 3 is 2.20 bits per heavy atom. The van der Waals surface area contributed by atoms with Gasteiger partial charge >= 0.3 is 12.1 Å². The third kappa shape index (κ3) is 13.6. The van der Waals surface area contributed by atoms with Gasteiger partial charge in [-0.05, 0) is 83.2 Å². The minimum atomic E-state index is -0.952. The van der Waals surface area contributed by atoms with Crippen LogP contribution in [0.4, 0.5) is 10.6 Å². The van der Waals surface area contributed by atoms with Crippen molar-refractivity contribution in [3.05, 3.63) is 75.8 Å². The molecule has 2 aromatic heterocycles. The topological polar surface area (TPSA) is 180 Å². The Bertz CT molecular complexity index is 2180. The number of amides is 2. The summed E-state index contributed by atoms with van der Waals surface area (Å²) in [6.07, 6.45) is 0.417. The number of pyridine rings is 1. The SMILES string of the molecule is CCCN(CC)c1nc(SCc2csc(-c3ccc(Cl)cc3)n2)c(C#N)c(-c2ccc(OCCOC(=O)C(CC(C)C)NC(=O)C(C)NC(=O)OC(C)(C)C)cc2)c1C#N. The Labute approximate surface area is 365 Å². The number of aromatic nitrogens is 2. The van der Waals surface area contributed by atoms with Crippen LogP contribution in [0.1, 0.15) is 85.1 Å². The number of nitrogens with zero attached hydrogens (tertiary/aromatic N) is 5. The number of nitriles is 2. The van der Waals surface area contributed by atoms with Crippen LogP contribution < -0.4 is 20.3 Å². The predicted molar refractivity (Wildman–Crippen MR) is 236 cm³/mol. The number of esters is 1. The fourth-order valence-electron chi connectivity index (χ4n) is 5.96. The zero-order valence-corrected chi connectivity index (χ0v) is 37.6. The number of hydrogen-bond donors (Lipinski definition) is 2. The van der Waals surface area contributed by atoms with Crippen molar-refractivity contribution < 1.29 is 28.6 Å². The van der Waals surface area contributed by atoms with Gasteiger partial charge in [-0.2, -0.15) is 10.5 Å². The third-order valence-corrected chi connectivity index (χ3v) is 10.9. The maximum atomic E-state index is 13.1. The molecule has 13 nitrogen and oxygen atoms in total. The highest BCUT2D eigenvalue weighted by Crippen LogP contribution is 2.39. The number of carbonyl (C=O) groups is 3. The lowest BCUT2D eigenvalue weighted by molar-refractivity contribution is -0.149. The first-order valence-electron chi connectivity index (χ1n) is 19.7. The van der Waals surface area contributed by atoms with Crippen LogP contribution in [-0.2, 0) is 24.8 Å². The van der Waals surface area contributed by atoms with Gasteiger partial charge in [0.25, 0.3) is 0 Å². The summed E-state index contributed by atoms with van der Waals surface area (Å²) in [6.45, 7) is 15.8. The van der Waals surface area contributed by atoms with Gasteiger partial charge in [-0.1, -0.05) is 68.4 Å². The number of anilines is 1. The zero-order valence-electron chi connectivity index (χ0n) is 35.3. The highest BCUT2D eigenvalue weighted by molar-refractivity contribution is 7.98. The van der Waals surface area contributed by atoms with Crippen molar-refractivity contribution in [1.82, 2.24) is 20.6 Å². The number of thiazole rings is 1. The van der Waals surface area contributed by atoms with Crippen molar-refractivity contribution in [1.29, 1.82) is 10.5 Å². The largest absolute Gasteiger partial charge is 0.490 e. The molecule has 0 fully saturated rings. The second-order valence-corrected chi connectivity index (χ2v) is 17.5. The highest BCUT2D eigenvalue weighted by atomic mass is 35.5. The van der Waals surface area contributed by atoms with Crippen molar-refractivity contribution in [3.8, 4) is 39.6 Å². The summed E-state index contributed by atoms with van der Waals surface area (Å²) in [5, 5.41) is 30.2. The van der Waals surface area contributed by atoms with Crippen molar-refractivity contribution in [2.24, 2.45) is 5.92 Å². The van der Waals surface area contributed by atoms with Gasteiger partial charge in [-0.3, -0.25) is 4.79 Å². The van der Waals surface area contributed by atoms with E-state index in [0.29, 0.717) is 69.1 Å². The third-order valence-electron chi connectivity index (χ3n) is 8.72. The van der Waals surface area contributed by atoms with E-state index in [4.69, 9.17) is 35.8 Å². The molecule has 0 bridgehead atoms. The van der Waals surface area contributed by atoms with Gasteiger partial charge in [0, 0.05) is 40.4 Å². The average Bonchev–Trinajstić information content (AvgIpc) is 3.68. The van der Waals surface area contributed by atoms with E-state index in [1.807, 2.05) is 55.3 Å². The molecule has 0 saturated heterocycles. The van der Waals surface area contributed by atoms with Gasteiger partial charge in [-0.25, -0.2) is 19.6 Å². The number of ether oxygens (including phenoxy) is 3. The second kappa shape index (κ2) is 22.3. The van der Waals surface area contributed by atoms with Gasteiger partial charge in [0.05, 0.1) is 11.3 Å². The van der Waals surface area contributed by atoms with Gasteiger partial charge in [0.1, 0.15) is 70.2 Å². The lowest BCUT2D eigenvalue weighted by Gasteiger charge is -2.25. The highest BCUT2D eigenvalue weighted by Gasteiger charge is 2.28. The van der Waals surface area contributed by atoms with E-state index < -0.39 is 35.7 Å². The normalized spacial score (nSPS) is 12.1. The summed E-state index contributed by atoms with van der Waals surface area (Å²) >= 11 is 9.00. The number of nitrogens with one attached hydrogen (secondary N) is 2. The molecule has 4 aromatic rings. The number of halogens is 1. The van der Waals surface area contributed by atoms with Crippen LogP contribution in [0.5, 0.6) is 5.75 Å². The molecule has 2 amide bonds. The molecule has 2 N–H and O–H groups in total. The smallest absolute Gasteiger partial charge is 0.408 e. The Balaban J connectivity index is 1.48. The van der Waals surface area contributed by atoms with Crippen molar-refractivity contribution in [3.63, 3.8) is 0 Å². The van der Waals surface area contributed by atoms with Gasteiger partial charge in [0.15, 0.2) is 0 Å². The van der Waals surface area contributed by atoms with Crippen molar-refractivity contribution in [2.75, 3.05) is 31.2 Å². The molecule has 4 rings (SSSR count). The lowest BCUT2D eigenvalue weighted by Crippen LogP contribution is -2.51. The summed E-state index contributed by atoms with van der Waals surface area (Å²) in [6, 6.07) is 17.3. The number of hydrogen-bond acceptors (Lipinski definition) is 13. The average molecular weight is 875 g/mol. The fourth-order valence-corrected chi connectivity index (χ4v) is 7.89. The molecule has 60 heavy (non-hydrogen) atoms. The quantitative estimate of drug-likeness (QED) is 0.0519. The number of benzene rings is 2. The molecule has 0 saturated carbocycles. The Morgan fingerprint density at radius 1 is 0.933 bits per heavy atom. The van der Waals surface area contributed by atoms with E-state index in [0.717, 1.165) is 22.7 Å². The zero-order chi connectivity index (χ0) is 44.0. The summed E-state index contributed by atoms with van der Waals surface area (Å²) in [5.74, 6) is 0.332. The van der Waals surface area contributed by atoms with Crippen LogP contribution in [0.15, 0.2) is 58.9 Å². The maximum Gasteiger partial charge on any atom is 0.408 e. The number of carbonyl (C=O) groups excluding carboxylic acids is 3. The van der Waals surface area contributed by atoms with E-state index in [-0.39, 0.29) is 19.1 Å². The van der Waals surface area contributed by atoms with Crippen molar-refractivity contribution >= 4 is 58.5 Å². The Kier molecular flexibility index (Phi) is 17.6. The van der Waals surface area contributed by atoms with Gasteiger partial charge in [0.2, 0.25) is 5.91 Å². The molecule has 0 aliphatic rings. The monoisotopic (exact) mass is 873 g/mol. The molecule has 2 aromatic carbocycles. The van der Waals surface area contributed by atoms with Crippen LogP contribution in [0.25, 0.3) is 21.7 Å². The number of rotatable bonds is 19. The molecule has 0 aliphatic carbocycles. The van der Waals surface area contributed by atoms with E-state index in [9.17, 15) is 24.9 Å². The number of alkyl carbamates (subject to hydrolysis) is 1. The van der Waals surface area contributed by atoms with Crippen LogP contribution >= 0.6 is 34.7 Å². The van der Waals surface area contributed by atoms with E-state index in [1.165, 1.54) is 30.0 Å². The minimum absolute atomic E-state index is 0.0238. The summed E-state index contributed by atoms with van der Waals surface area (Å²) < 4.78 is 16.6. The van der Waals surface area contributed by atoms with E-state index >= 15 is 0 Å².